The topological polar surface area (TPSA) is 76.1 Å². The molecular formula is C11H14N4O2. The van der Waals surface area contributed by atoms with Crippen molar-refractivity contribution in [2.24, 2.45) is 0 Å². The summed E-state index contributed by atoms with van der Waals surface area (Å²) in [5.41, 5.74) is 0. The monoisotopic (exact) mass is 234 g/mol. The molecule has 0 aromatic carbocycles. The summed E-state index contributed by atoms with van der Waals surface area (Å²) in [6.07, 6.45) is 4.13. The van der Waals surface area contributed by atoms with Crippen LogP contribution in [0.4, 0.5) is 6.01 Å². The number of nitrogens with zero attached hydrogens (tertiary/aromatic N) is 2. The Hall–Kier alpha value is -1.82. The predicted octanol–water partition coefficient (Wildman–Crippen LogP) is 1.53. The molecule has 6 nitrogen and oxygen atoms in total. The van der Waals surface area contributed by atoms with Crippen molar-refractivity contribution in [2.75, 3.05) is 5.32 Å². The molecule has 3 rings (SSSR count). The Morgan fingerprint density at radius 3 is 3.00 bits per heavy atom. The van der Waals surface area contributed by atoms with E-state index in [9.17, 15) is 0 Å². The van der Waals surface area contributed by atoms with Crippen molar-refractivity contribution in [1.29, 1.82) is 0 Å². The Morgan fingerprint density at radius 2 is 2.24 bits per heavy atom. The van der Waals surface area contributed by atoms with Crippen molar-refractivity contribution in [1.82, 2.24) is 15.5 Å². The Morgan fingerprint density at radius 1 is 1.29 bits per heavy atom. The molecule has 1 aliphatic rings. The first-order chi connectivity index (χ1) is 8.40. The quantitative estimate of drug-likeness (QED) is 0.789. The zero-order valence-corrected chi connectivity index (χ0v) is 9.35. The van der Waals surface area contributed by atoms with E-state index in [1.54, 1.807) is 6.26 Å². The minimum absolute atomic E-state index is 0.425. The van der Waals surface area contributed by atoms with Gasteiger partial charge in [-0.2, -0.15) is 0 Å². The molecule has 1 aliphatic carbocycles. The van der Waals surface area contributed by atoms with Crippen LogP contribution in [0.15, 0.2) is 27.2 Å². The molecule has 2 N–H and O–H groups in total. The second-order valence-electron chi connectivity index (χ2n) is 4.09. The van der Waals surface area contributed by atoms with Gasteiger partial charge in [0, 0.05) is 6.04 Å². The molecule has 0 aliphatic heterocycles. The molecule has 2 aromatic rings. The Kier molecular flexibility index (Phi) is 2.79. The van der Waals surface area contributed by atoms with Gasteiger partial charge in [0.05, 0.1) is 19.4 Å². The molecule has 2 heterocycles. The van der Waals surface area contributed by atoms with Gasteiger partial charge in [0.1, 0.15) is 5.76 Å². The van der Waals surface area contributed by atoms with Crippen molar-refractivity contribution >= 4 is 6.01 Å². The summed E-state index contributed by atoms with van der Waals surface area (Å²) in [6, 6.07) is 4.80. The molecule has 1 saturated carbocycles. The minimum Gasteiger partial charge on any atom is -0.467 e. The molecular weight excluding hydrogens is 220 g/mol. The van der Waals surface area contributed by atoms with E-state index in [1.165, 1.54) is 12.8 Å². The Labute approximate surface area is 98.4 Å². The van der Waals surface area contributed by atoms with Crippen molar-refractivity contribution < 1.29 is 8.83 Å². The van der Waals surface area contributed by atoms with E-state index in [0.717, 1.165) is 5.76 Å². The summed E-state index contributed by atoms with van der Waals surface area (Å²) < 4.78 is 10.6. The highest BCUT2D eigenvalue weighted by atomic mass is 16.4. The van der Waals surface area contributed by atoms with E-state index >= 15 is 0 Å². The second kappa shape index (κ2) is 4.58. The van der Waals surface area contributed by atoms with Crippen LogP contribution in [0.1, 0.15) is 24.5 Å². The van der Waals surface area contributed by atoms with Gasteiger partial charge in [-0.1, -0.05) is 5.10 Å². The number of hydrogen-bond donors (Lipinski definition) is 2. The summed E-state index contributed by atoms with van der Waals surface area (Å²) in [5.74, 6) is 1.44. The Balaban J connectivity index is 1.49. The summed E-state index contributed by atoms with van der Waals surface area (Å²) in [4.78, 5) is 0. The predicted molar refractivity (Wildman–Crippen MR) is 60.2 cm³/mol. The fraction of sp³-hybridized carbons (Fsp3) is 0.455. The first-order valence-corrected chi connectivity index (χ1v) is 5.72. The third-order valence-corrected chi connectivity index (χ3v) is 2.58. The third-order valence-electron chi connectivity index (χ3n) is 2.58. The highest BCUT2D eigenvalue weighted by molar-refractivity contribution is 5.18. The summed E-state index contributed by atoms with van der Waals surface area (Å²) in [6.45, 7) is 1.19. The highest BCUT2D eigenvalue weighted by Crippen LogP contribution is 2.19. The number of hydrogen-bond acceptors (Lipinski definition) is 6. The van der Waals surface area contributed by atoms with E-state index in [2.05, 4.69) is 20.8 Å². The van der Waals surface area contributed by atoms with E-state index in [-0.39, 0.29) is 0 Å². The molecule has 0 unspecified atom stereocenters. The van der Waals surface area contributed by atoms with Crippen molar-refractivity contribution in [3.8, 4) is 0 Å². The molecule has 0 bridgehead atoms. The lowest BCUT2D eigenvalue weighted by Crippen LogP contribution is -2.15. The van der Waals surface area contributed by atoms with E-state index in [1.807, 2.05) is 12.1 Å². The van der Waals surface area contributed by atoms with Crippen LogP contribution in [0.2, 0.25) is 0 Å². The minimum atomic E-state index is 0.425. The van der Waals surface area contributed by atoms with Gasteiger partial charge < -0.3 is 19.5 Å². The van der Waals surface area contributed by atoms with Gasteiger partial charge in [-0.25, -0.2) is 0 Å². The normalized spacial score (nSPS) is 15.1. The van der Waals surface area contributed by atoms with Gasteiger partial charge >= 0.3 is 6.01 Å². The van der Waals surface area contributed by atoms with E-state index in [0.29, 0.717) is 31.0 Å². The van der Waals surface area contributed by atoms with Gasteiger partial charge in [0.15, 0.2) is 0 Å². The van der Waals surface area contributed by atoms with Crippen LogP contribution in [0, 0.1) is 0 Å². The number of anilines is 1. The molecule has 0 atom stereocenters. The standard InChI is InChI=1S/C11H14N4O2/c1-2-9(16-5-1)6-13-11-15-14-10(17-11)7-12-8-3-4-8/h1-2,5,8,12H,3-4,6-7H2,(H,13,15). The average Bonchev–Trinajstić information content (AvgIpc) is 2.86. The van der Waals surface area contributed by atoms with Crippen LogP contribution >= 0.6 is 0 Å². The second-order valence-corrected chi connectivity index (χ2v) is 4.09. The van der Waals surface area contributed by atoms with Crippen LogP contribution in [0.5, 0.6) is 0 Å². The lowest BCUT2D eigenvalue weighted by atomic mass is 10.4. The largest absolute Gasteiger partial charge is 0.467 e. The van der Waals surface area contributed by atoms with Gasteiger partial charge in [0.2, 0.25) is 5.89 Å². The number of aromatic nitrogens is 2. The third kappa shape index (κ3) is 2.85. The number of rotatable bonds is 6. The fourth-order valence-corrected chi connectivity index (χ4v) is 1.49. The first-order valence-electron chi connectivity index (χ1n) is 5.72. The van der Waals surface area contributed by atoms with Gasteiger partial charge in [-0.05, 0) is 25.0 Å². The molecule has 90 valence electrons. The molecule has 17 heavy (non-hydrogen) atoms. The average molecular weight is 234 g/mol. The van der Waals surface area contributed by atoms with Crippen molar-refractivity contribution in [2.45, 2.75) is 32.0 Å². The maximum atomic E-state index is 5.42. The molecule has 0 amide bonds. The maximum absolute atomic E-state index is 5.42. The van der Waals surface area contributed by atoms with Crippen LogP contribution in [0.25, 0.3) is 0 Å². The SMILES string of the molecule is c1coc(CNc2nnc(CNC3CC3)o2)c1. The smallest absolute Gasteiger partial charge is 0.315 e. The highest BCUT2D eigenvalue weighted by Gasteiger charge is 2.21. The summed E-state index contributed by atoms with van der Waals surface area (Å²) >= 11 is 0. The molecule has 1 fully saturated rings. The zero-order chi connectivity index (χ0) is 11.5. The summed E-state index contributed by atoms with van der Waals surface area (Å²) in [7, 11) is 0. The molecule has 0 radical (unpaired) electrons. The summed E-state index contributed by atoms with van der Waals surface area (Å²) in [5, 5.41) is 14.2. The maximum Gasteiger partial charge on any atom is 0.315 e. The lowest BCUT2D eigenvalue weighted by molar-refractivity contribution is 0.470. The Bertz CT molecular complexity index is 462. The zero-order valence-electron chi connectivity index (χ0n) is 9.35. The van der Waals surface area contributed by atoms with E-state index in [4.69, 9.17) is 8.83 Å². The number of nitrogens with one attached hydrogen (secondary N) is 2. The molecule has 2 aromatic heterocycles. The van der Waals surface area contributed by atoms with Gasteiger partial charge in [0.25, 0.3) is 0 Å². The lowest BCUT2D eigenvalue weighted by Gasteiger charge is -1.97. The van der Waals surface area contributed by atoms with Crippen LogP contribution in [0.3, 0.4) is 0 Å². The first kappa shape index (κ1) is 10.3. The molecule has 6 heteroatoms. The van der Waals surface area contributed by atoms with E-state index < -0.39 is 0 Å². The molecule has 0 saturated heterocycles. The number of furan rings is 1. The van der Waals surface area contributed by atoms with Crippen LogP contribution in [-0.4, -0.2) is 16.2 Å². The van der Waals surface area contributed by atoms with Gasteiger partial charge in [-0.15, -0.1) is 5.10 Å². The van der Waals surface area contributed by atoms with Crippen molar-refractivity contribution in [3.05, 3.63) is 30.0 Å². The fourth-order valence-electron chi connectivity index (χ4n) is 1.49. The molecule has 0 spiro atoms. The van der Waals surface area contributed by atoms with Crippen LogP contribution < -0.4 is 10.6 Å². The van der Waals surface area contributed by atoms with Crippen LogP contribution in [-0.2, 0) is 13.1 Å². The van der Waals surface area contributed by atoms with Crippen molar-refractivity contribution in [3.63, 3.8) is 0 Å². The van der Waals surface area contributed by atoms with Gasteiger partial charge in [-0.3, -0.25) is 0 Å².